The van der Waals surface area contributed by atoms with Crippen LogP contribution >= 0.6 is 11.8 Å². The summed E-state index contributed by atoms with van der Waals surface area (Å²) in [6.45, 7) is 0.513. The average molecular weight is 327 g/mol. The first-order valence-corrected chi connectivity index (χ1v) is 8.08. The molecule has 0 spiro atoms. The number of amides is 1. The number of nitrogens with zero attached hydrogens (tertiary/aromatic N) is 1. The van der Waals surface area contributed by atoms with Gasteiger partial charge in [0.1, 0.15) is 11.6 Å². The van der Waals surface area contributed by atoms with E-state index in [-0.39, 0.29) is 24.8 Å². The van der Waals surface area contributed by atoms with Crippen molar-refractivity contribution < 1.29 is 23.8 Å². The molecule has 22 heavy (non-hydrogen) atoms. The van der Waals surface area contributed by atoms with Gasteiger partial charge in [0.15, 0.2) is 0 Å². The number of halogens is 1. The van der Waals surface area contributed by atoms with Gasteiger partial charge in [-0.15, -0.1) is 0 Å². The molecular weight excluding hydrogens is 309 g/mol. The maximum Gasteiger partial charge on any atom is 0.305 e. The highest BCUT2D eigenvalue weighted by Crippen LogP contribution is 2.24. The summed E-state index contributed by atoms with van der Waals surface area (Å²) in [5.74, 6) is 0.292. The van der Waals surface area contributed by atoms with Crippen molar-refractivity contribution in [1.82, 2.24) is 4.90 Å². The van der Waals surface area contributed by atoms with E-state index in [0.29, 0.717) is 23.6 Å². The summed E-state index contributed by atoms with van der Waals surface area (Å²) in [5.41, 5.74) is 0.472. The second-order valence-corrected chi connectivity index (χ2v) is 6.20. The predicted octanol–water partition coefficient (Wildman–Crippen LogP) is 1.80. The smallest absolute Gasteiger partial charge is 0.305 e. The third-order valence-corrected chi connectivity index (χ3v) is 4.63. The highest BCUT2D eigenvalue weighted by Gasteiger charge is 2.29. The lowest BCUT2D eigenvalue weighted by Gasteiger charge is -2.34. The Bertz CT molecular complexity index is 566. The molecule has 5 nitrogen and oxygen atoms in total. The number of hydrogen-bond donors (Lipinski definition) is 1. The SMILES string of the molecule is COc1ccc(F)cc1CC(=O)N1CCSCC1CC(=O)O. The van der Waals surface area contributed by atoms with Gasteiger partial charge in [-0.05, 0) is 18.2 Å². The van der Waals surface area contributed by atoms with Crippen molar-refractivity contribution in [1.29, 1.82) is 0 Å². The summed E-state index contributed by atoms with van der Waals surface area (Å²) in [4.78, 5) is 25.0. The predicted molar refractivity (Wildman–Crippen MR) is 81.7 cm³/mol. The van der Waals surface area contributed by atoms with Crippen molar-refractivity contribution in [3.8, 4) is 5.75 Å². The first-order chi connectivity index (χ1) is 10.5. The van der Waals surface area contributed by atoms with E-state index in [1.54, 1.807) is 16.7 Å². The minimum atomic E-state index is -0.923. The zero-order valence-corrected chi connectivity index (χ0v) is 13.1. The molecule has 1 heterocycles. The molecule has 1 aromatic rings. The minimum Gasteiger partial charge on any atom is -0.496 e. The van der Waals surface area contributed by atoms with E-state index in [1.165, 1.54) is 25.3 Å². The van der Waals surface area contributed by atoms with Gasteiger partial charge in [0.2, 0.25) is 5.91 Å². The molecule has 1 aliphatic heterocycles. The minimum absolute atomic E-state index is 0.00171. The fourth-order valence-corrected chi connectivity index (χ4v) is 3.57. The highest BCUT2D eigenvalue weighted by atomic mass is 32.2. The number of aliphatic carboxylic acids is 1. The normalized spacial score (nSPS) is 18.1. The van der Waals surface area contributed by atoms with Gasteiger partial charge in [-0.3, -0.25) is 9.59 Å². The second-order valence-electron chi connectivity index (χ2n) is 5.05. The molecule has 1 unspecified atom stereocenters. The summed E-state index contributed by atoms with van der Waals surface area (Å²) < 4.78 is 18.5. The topological polar surface area (TPSA) is 66.8 Å². The van der Waals surface area contributed by atoms with Crippen molar-refractivity contribution in [2.24, 2.45) is 0 Å². The number of carboxylic acids is 1. The van der Waals surface area contributed by atoms with Gasteiger partial charge in [0, 0.05) is 23.6 Å². The van der Waals surface area contributed by atoms with Crippen LogP contribution in [0.25, 0.3) is 0 Å². The first kappa shape index (κ1) is 16.6. The third-order valence-electron chi connectivity index (χ3n) is 3.54. The lowest BCUT2D eigenvalue weighted by atomic mass is 10.1. The average Bonchev–Trinajstić information content (AvgIpc) is 2.47. The summed E-state index contributed by atoms with van der Waals surface area (Å²) >= 11 is 1.64. The number of thioether (sulfide) groups is 1. The molecule has 0 bridgehead atoms. The number of hydrogen-bond acceptors (Lipinski definition) is 4. The molecule has 2 rings (SSSR count). The molecule has 1 aromatic carbocycles. The summed E-state index contributed by atoms with van der Waals surface area (Å²) in [6, 6.07) is 3.72. The molecule has 0 aromatic heterocycles. The number of benzene rings is 1. The Labute approximate surface area is 132 Å². The van der Waals surface area contributed by atoms with E-state index in [1.807, 2.05) is 0 Å². The van der Waals surface area contributed by atoms with Gasteiger partial charge in [-0.1, -0.05) is 0 Å². The molecule has 0 aliphatic carbocycles. The zero-order chi connectivity index (χ0) is 16.1. The number of carboxylic acid groups (broad SMARTS) is 1. The lowest BCUT2D eigenvalue weighted by molar-refractivity contribution is -0.140. The molecule has 1 saturated heterocycles. The molecule has 120 valence electrons. The third kappa shape index (κ3) is 4.13. The molecular formula is C15H18FNO4S. The van der Waals surface area contributed by atoms with Crippen LogP contribution in [0.1, 0.15) is 12.0 Å². The van der Waals surface area contributed by atoms with Crippen LogP contribution in [0.5, 0.6) is 5.75 Å². The Hall–Kier alpha value is -1.76. The number of carbonyl (C=O) groups is 2. The second kappa shape index (κ2) is 7.49. The largest absolute Gasteiger partial charge is 0.496 e. The van der Waals surface area contributed by atoms with Crippen LogP contribution in [0.3, 0.4) is 0 Å². The van der Waals surface area contributed by atoms with Crippen LogP contribution in [-0.2, 0) is 16.0 Å². The number of ether oxygens (including phenoxy) is 1. The summed E-state index contributed by atoms with van der Waals surface area (Å²) in [6.07, 6.45) is -0.0687. The Morgan fingerprint density at radius 1 is 1.50 bits per heavy atom. The van der Waals surface area contributed by atoms with E-state index < -0.39 is 11.8 Å². The van der Waals surface area contributed by atoms with E-state index in [0.717, 1.165) is 5.75 Å². The summed E-state index contributed by atoms with van der Waals surface area (Å²) in [7, 11) is 1.46. The number of methoxy groups -OCH3 is 1. The molecule has 1 aliphatic rings. The molecule has 1 atom stereocenters. The molecule has 0 radical (unpaired) electrons. The Kier molecular flexibility index (Phi) is 5.65. The fourth-order valence-electron chi connectivity index (χ4n) is 2.50. The van der Waals surface area contributed by atoms with Gasteiger partial charge in [0.05, 0.1) is 26.0 Å². The van der Waals surface area contributed by atoms with Crippen LogP contribution in [0.2, 0.25) is 0 Å². The van der Waals surface area contributed by atoms with Gasteiger partial charge in [-0.25, -0.2) is 4.39 Å². The van der Waals surface area contributed by atoms with Crippen LogP contribution in [0, 0.1) is 5.82 Å². The van der Waals surface area contributed by atoms with Crippen LogP contribution in [0.15, 0.2) is 18.2 Å². The van der Waals surface area contributed by atoms with Gasteiger partial charge < -0.3 is 14.7 Å². The van der Waals surface area contributed by atoms with E-state index in [4.69, 9.17) is 9.84 Å². The summed E-state index contributed by atoms with van der Waals surface area (Å²) in [5, 5.41) is 8.96. The van der Waals surface area contributed by atoms with Crippen molar-refractivity contribution in [2.75, 3.05) is 25.2 Å². The molecule has 1 fully saturated rings. The Balaban J connectivity index is 2.13. The van der Waals surface area contributed by atoms with E-state index in [2.05, 4.69) is 0 Å². The monoisotopic (exact) mass is 327 g/mol. The van der Waals surface area contributed by atoms with Crippen molar-refractivity contribution in [3.63, 3.8) is 0 Å². The number of rotatable bonds is 5. The van der Waals surface area contributed by atoms with Crippen molar-refractivity contribution >= 4 is 23.6 Å². The van der Waals surface area contributed by atoms with Gasteiger partial charge >= 0.3 is 5.97 Å². The van der Waals surface area contributed by atoms with Crippen LogP contribution in [-0.4, -0.2) is 53.1 Å². The van der Waals surface area contributed by atoms with Crippen LogP contribution in [0.4, 0.5) is 4.39 Å². The lowest BCUT2D eigenvalue weighted by Crippen LogP contribution is -2.47. The maximum atomic E-state index is 13.4. The Morgan fingerprint density at radius 2 is 2.27 bits per heavy atom. The Morgan fingerprint density at radius 3 is 2.95 bits per heavy atom. The maximum absolute atomic E-state index is 13.4. The van der Waals surface area contributed by atoms with Crippen molar-refractivity contribution in [2.45, 2.75) is 18.9 Å². The zero-order valence-electron chi connectivity index (χ0n) is 12.3. The standard InChI is InChI=1S/C15H18FNO4S/c1-21-13-3-2-11(16)6-10(13)7-14(18)17-4-5-22-9-12(17)8-15(19)20/h2-3,6,12H,4-5,7-9H2,1H3,(H,19,20). The van der Waals surface area contributed by atoms with Crippen molar-refractivity contribution in [3.05, 3.63) is 29.6 Å². The fraction of sp³-hybridized carbons (Fsp3) is 0.467. The number of carbonyl (C=O) groups excluding carboxylic acids is 1. The first-order valence-electron chi connectivity index (χ1n) is 6.92. The molecule has 1 amide bonds. The molecule has 7 heteroatoms. The van der Waals surface area contributed by atoms with Gasteiger partial charge in [-0.2, -0.15) is 11.8 Å². The molecule has 1 N–H and O–H groups in total. The van der Waals surface area contributed by atoms with E-state index in [9.17, 15) is 14.0 Å². The molecule has 0 saturated carbocycles. The van der Waals surface area contributed by atoms with Crippen LogP contribution < -0.4 is 4.74 Å². The highest BCUT2D eigenvalue weighted by molar-refractivity contribution is 7.99. The van der Waals surface area contributed by atoms with E-state index >= 15 is 0 Å². The quantitative estimate of drug-likeness (QED) is 0.893. The van der Waals surface area contributed by atoms with Gasteiger partial charge in [0.25, 0.3) is 0 Å².